The van der Waals surface area contributed by atoms with Crippen LogP contribution in [0.25, 0.3) is 16.6 Å². The smallest absolute Gasteiger partial charge is 0.366 e. The van der Waals surface area contributed by atoms with Crippen LogP contribution in [0.5, 0.6) is 0 Å². The Morgan fingerprint density at radius 2 is 1.92 bits per heavy atom. The number of nitrogens with one attached hydrogen (secondary N) is 2. The summed E-state index contributed by atoms with van der Waals surface area (Å²) in [6.45, 7) is 4.20. The van der Waals surface area contributed by atoms with Gasteiger partial charge >= 0.3 is 6.18 Å². The van der Waals surface area contributed by atoms with Crippen LogP contribution in [0, 0.1) is 6.92 Å². The number of amides is 1. The predicted octanol–water partition coefficient (Wildman–Crippen LogP) is 4.64. The van der Waals surface area contributed by atoms with Gasteiger partial charge in [0, 0.05) is 25.0 Å². The fraction of sp³-hybridized carbons (Fsp3) is 0.250. The molecule has 0 spiro atoms. The third-order valence-electron chi connectivity index (χ3n) is 6.16. The van der Waals surface area contributed by atoms with Gasteiger partial charge in [0.25, 0.3) is 0 Å². The van der Waals surface area contributed by atoms with Crippen LogP contribution >= 0.6 is 13.5 Å². The molecule has 0 saturated carbocycles. The Morgan fingerprint density at radius 1 is 1.14 bits per heavy atom. The maximum absolute atomic E-state index is 12.8. The standard InChI is InChI=1S/C24H22F3N7O.H2S/c1-13-22-19(33(3)14(2)23(35)32-22)9-21(31-13)29-10-15-4-6-18-16(8-15)11-30-34(18)17-5-7-20(28-12-17)24(25,26)27;/h4-9,11-12,14H,10H2,1-3H3,(H,29,31)(H,32,35);1H2/t14-;/m0./s1. The van der Waals surface area contributed by atoms with E-state index in [9.17, 15) is 18.0 Å². The van der Waals surface area contributed by atoms with Gasteiger partial charge in [0.15, 0.2) is 0 Å². The lowest BCUT2D eigenvalue weighted by Gasteiger charge is -2.34. The van der Waals surface area contributed by atoms with Gasteiger partial charge in [0.2, 0.25) is 5.91 Å². The minimum Gasteiger partial charge on any atom is -0.366 e. The number of fused-ring (bicyclic) bond motifs is 2. The average molecular weight is 516 g/mol. The van der Waals surface area contributed by atoms with Gasteiger partial charge in [-0.25, -0.2) is 14.6 Å². The lowest BCUT2D eigenvalue weighted by molar-refractivity contribution is -0.141. The number of aryl methyl sites for hydroxylation is 1. The Morgan fingerprint density at radius 3 is 2.61 bits per heavy atom. The maximum atomic E-state index is 12.8. The summed E-state index contributed by atoms with van der Waals surface area (Å²) in [7, 11) is 1.88. The summed E-state index contributed by atoms with van der Waals surface area (Å²) >= 11 is 0. The number of rotatable bonds is 4. The maximum Gasteiger partial charge on any atom is 0.433 e. The van der Waals surface area contributed by atoms with Crippen LogP contribution in [0.2, 0.25) is 0 Å². The van der Waals surface area contributed by atoms with Crippen LogP contribution < -0.4 is 15.5 Å². The third-order valence-corrected chi connectivity index (χ3v) is 6.16. The lowest BCUT2D eigenvalue weighted by Crippen LogP contribution is -2.44. The number of carbonyl (C=O) groups is 1. The number of carbonyl (C=O) groups excluding carboxylic acids is 1. The second-order valence-electron chi connectivity index (χ2n) is 8.47. The molecule has 5 rings (SSSR count). The molecule has 4 heterocycles. The van der Waals surface area contributed by atoms with Gasteiger partial charge < -0.3 is 15.5 Å². The fourth-order valence-electron chi connectivity index (χ4n) is 4.06. The van der Waals surface area contributed by atoms with Crippen molar-refractivity contribution >= 4 is 47.5 Å². The molecular formula is C24H24F3N7OS. The molecule has 0 saturated heterocycles. The average Bonchev–Trinajstić information content (AvgIpc) is 3.25. The van der Waals surface area contributed by atoms with Crippen LogP contribution in [-0.4, -0.2) is 38.7 Å². The topological polar surface area (TPSA) is 88.0 Å². The molecule has 3 aromatic heterocycles. The molecule has 2 N–H and O–H groups in total. The van der Waals surface area contributed by atoms with E-state index in [0.717, 1.165) is 40.1 Å². The van der Waals surface area contributed by atoms with Gasteiger partial charge in [-0.1, -0.05) is 6.07 Å². The lowest BCUT2D eigenvalue weighted by atomic mass is 10.1. The highest BCUT2D eigenvalue weighted by Crippen LogP contribution is 2.35. The van der Waals surface area contributed by atoms with Crippen molar-refractivity contribution in [3.63, 3.8) is 0 Å². The minimum atomic E-state index is -4.49. The zero-order valence-corrected chi connectivity index (χ0v) is 20.7. The van der Waals surface area contributed by atoms with E-state index < -0.39 is 11.9 Å². The van der Waals surface area contributed by atoms with E-state index in [2.05, 4.69) is 25.7 Å². The Kier molecular flexibility index (Phi) is 6.56. The Bertz CT molecular complexity index is 1440. The second kappa shape index (κ2) is 9.34. The Hall–Kier alpha value is -3.80. The summed E-state index contributed by atoms with van der Waals surface area (Å²) in [5.41, 5.74) is 3.57. The molecule has 1 aliphatic heterocycles. The summed E-state index contributed by atoms with van der Waals surface area (Å²) in [6, 6.07) is 9.67. The summed E-state index contributed by atoms with van der Waals surface area (Å²) in [4.78, 5) is 22.1. The fourth-order valence-corrected chi connectivity index (χ4v) is 4.06. The van der Waals surface area contributed by atoms with E-state index in [1.807, 2.05) is 50.1 Å². The highest BCUT2D eigenvalue weighted by Gasteiger charge is 2.32. The van der Waals surface area contributed by atoms with Crippen LogP contribution in [0.3, 0.4) is 0 Å². The van der Waals surface area contributed by atoms with E-state index in [1.54, 1.807) is 10.9 Å². The Labute approximate surface area is 212 Å². The van der Waals surface area contributed by atoms with Gasteiger partial charge in [0.05, 0.1) is 40.7 Å². The number of hydrogen-bond donors (Lipinski definition) is 2. The van der Waals surface area contributed by atoms with Crippen molar-refractivity contribution in [2.75, 3.05) is 22.6 Å². The van der Waals surface area contributed by atoms with E-state index in [4.69, 9.17) is 0 Å². The zero-order valence-electron chi connectivity index (χ0n) is 19.7. The first-order chi connectivity index (χ1) is 16.6. The van der Waals surface area contributed by atoms with Crippen LogP contribution in [0.15, 0.2) is 48.8 Å². The molecular weight excluding hydrogens is 491 g/mol. The highest BCUT2D eigenvalue weighted by atomic mass is 32.1. The highest BCUT2D eigenvalue weighted by molar-refractivity contribution is 7.59. The van der Waals surface area contributed by atoms with Gasteiger partial charge in [-0.3, -0.25) is 4.79 Å². The van der Waals surface area contributed by atoms with E-state index >= 15 is 0 Å². The molecule has 0 aliphatic carbocycles. The normalized spacial score (nSPS) is 15.3. The molecule has 188 valence electrons. The molecule has 4 aromatic rings. The molecule has 0 fully saturated rings. The largest absolute Gasteiger partial charge is 0.433 e. The molecule has 0 bridgehead atoms. The van der Waals surface area contributed by atoms with Gasteiger partial charge in [-0.05, 0) is 43.7 Å². The molecule has 1 atom stereocenters. The second-order valence-corrected chi connectivity index (χ2v) is 8.47. The van der Waals surface area contributed by atoms with Gasteiger partial charge in [-0.2, -0.15) is 31.8 Å². The van der Waals surface area contributed by atoms with E-state index in [-0.39, 0.29) is 25.4 Å². The summed E-state index contributed by atoms with van der Waals surface area (Å²) in [6.07, 6.45) is -1.66. The van der Waals surface area contributed by atoms with Crippen molar-refractivity contribution in [3.8, 4) is 5.69 Å². The number of halogens is 3. The first kappa shape index (κ1) is 25.3. The number of nitrogens with zero attached hydrogens (tertiary/aromatic N) is 5. The van der Waals surface area contributed by atoms with E-state index in [1.165, 1.54) is 6.07 Å². The molecule has 0 unspecified atom stereocenters. The van der Waals surface area contributed by atoms with Gasteiger partial charge in [-0.15, -0.1) is 0 Å². The molecule has 36 heavy (non-hydrogen) atoms. The molecule has 12 heteroatoms. The summed E-state index contributed by atoms with van der Waals surface area (Å²) in [5, 5.41) is 11.4. The number of pyridine rings is 2. The molecule has 1 aliphatic rings. The van der Waals surface area contributed by atoms with Crippen molar-refractivity contribution in [2.24, 2.45) is 0 Å². The molecule has 1 amide bonds. The van der Waals surface area contributed by atoms with Crippen LogP contribution in [0.4, 0.5) is 30.4 Å². The number of hydrogen-bond acceptors (Lipinski definition) is 6. The van der Waals surface area contributed by atoms with Crippen molar-refractivity contribution in [2.45, 2.75) is 32.6 Å². The molecule has 1 aromatic carbocycles. The van der Waals surface area contributed by atoms with Gasteiger partial charge in [0.1, 0.15) is 17.6 Å². The van der Waals surface area contributed by atoms with E-state index in [0.29, 0.717) is 23.7 Å². The van der Waals surface area contributed by atoms with Crippen molar-refractivity contribution in [1.82, 2.24) is 19.7 Å². The Balaban J connectivity index is 0.00000304. The van der Waals surface area contributed by atoms with Crippen molar-refractivity contribution < 1.29 is 18.0 Å². The van der Waals surface area contributed by atoms with Crippen molar-refractivity contribution in [3.05, 3.63) is 65.7 Å². The SMILES string of the molecule is Cc1nc(NCc2ccc3c(cnn3-c3ccc(C(F)(F)F)nc3)c2)cc2c1NC(=O)[C@H](C)N2C.S. The number of aromatic nitrogens is 4. The van der Waals surface area contributed by atoms with Crippen LogP contribution in [0.1, 0.15) is 23.9 Å². The first-order valence-corrected chi connectivity index (χ1v) is 10.9. The van der Waals surface area contributed by atoms with Crippen molar-refractivity contribution in [1.29, 1.82) is 0 Å². The number of alkyl halides is 3. The minimum absolute atomic E-state index is 0. The first-order valence-electron chi connectivity index (χ1n) is 10.9. The quantitative estimate of drug-likeness (QED) is 0.412. The summed E-state index contributed by atoms with van der Waals surface area (Å²) in [5.74, 6) is 0.620. The molecule has 0 radical (unpaired) electrons. The zero-order chi connectivity index (χ0) is 24.9. The predicted molar refractivity (Wildman–Crippen MR) is 137 cm³/mol. The third kappa shape index (κ3) is 4.55. The molecule has 8 nitrogen and oxygen atoms in total. The monoisotopic (exact) mass is 515 g/mol. The number of likely N-dealkylation sites (N-methyl/N-ethyl adjacent to an activating group) is 1. The number of benzene rings is 1. The van der Waals surface area contributed by atoms with Crippen LogP contribution in [-0.2, 0) is 17.5 Å². The number of anilines is 3. The summed E-state index contributed by atoms with van der Waals surface area (Å²) < 4.78 is 39.9.